The first-order valence-corrected chi connectivity index (χ1v) is 6.33. The number of fused-ring (bicyclic) bond motifs is 1. The molecule has 3 rings (SSSR count). The van der Waals surface area contributed by atoms with Crippen LogP contribution in [0.2, 0.25) is 0 Å². The van der Waals surface area contributed by atoms with Gasteiger partial charge in [-0.05, 0) is 30.5 Å². The molecule has 1 atom stereocenters. The summed E-state index contributed by atoms with van der Waals surface area (Å²) in [6, 6.07) is 5.13. The molecule has 0 saturated heterocycles. The Balaban J connectivity index is 2.02. The highest BCUT2D eigenvalue weighted by atomic mass is 19.4. The highest BCUT2D eigenvalue weighted by Crippen LogP contribution is 2.34. The zero-order chi connectivity index (χ0) is 14.3. The van der Waals surface area contributed by atoms with Crippen molar-refractivity contribution in [3.8, 4) is 0 Å². The van der Waals surface area contributed by atoms with Crippen LogP contribution < -0.4 is 5.73 Å². The molecule has 1 unspecified atom stereocenters. The highest BCUT2D eigenvalue weighted by molar-refractivity contribution is 5.30. The fourth-order valence-corrected chi connectivity index (χ4v) is 2.60. The normalized spacial score (nSPS) is 18.9. The molecule has 0 amide bonds. The van der Waals surface area contributed by atoms with Crippen molar-refractivity contribution in [2.24, 2.45) is 0 Å². The Morgan fingerprint density at radius 2 is 2.10 bits per heavy atom. The van der Waals surface area contributed by atoms with Crippen LogP contribution in [0.3, 0.4) is 0 Å². The molecule has 1 aliphatic rings. The number of aromatic nitrogens is 3. The number of nitrogens with zero attached hydrogens (tertiary/aromatic N) is 3. The van der Waals surface area contributed by atoms with E-state index in [9.17, 15) is 13.2 Å². The van der Waals surface area contributed by atoms with Crippen LogP contribution in [0.25, 0.3) is 0 Å². The van der Waals surface area contributed by atoms with Gasteiger partial charge >= 0.3 is 6.18 Å². The van der Waals surface area contributed by atoms with Gasteiger partial charge in [0.1, 0.15) is 5.82 Å². The second kappa shape index (κ2) is 4.50. The van der Waals surface area contributed by atoms with Gasteiger partial charge in [0.2, 0.25) is 5.95 Å². The monoisotopic (exact) mass is 282 g/mol. The van der Waals surface area contributed by atoms with Crippen molar-refractivity contribution < 1.29 is 13.2 Å². The third-order valence-electron chi connectivity index (χ3n) is 3.49. The highest BCUT2D eigenvalue weighted by Gasteiger charge is 2.32. The zero-order valence-electron chi connectivity index (χ0n) is 10.6. The summed E-state index contributed by atoms with van der Waals surface area (Å²) in [5, 5.41) is 4.10. The molecule has 4 nitrogen and oxygen atoms in total. The number of rotatable bonds is 1. The average molecular weight is 282 g/mol. The summed E-state index contributed by atoms with van der Waals surface area (Å²) in [5.41, 5.74) is 5.52. The Morgan fingerprint density at radius 1 is 1.30 bits per heavy atom. The van der Waals surface area contributed by atoms with Crippen LogP contribution in [0.5, 0.6) is 0 Å². The fraction of sp³-hybridized carbons (Fsp3) is 0.385. The maximum Gasteiger partial charge on any atom is 0.416 e. The SMILES string of the molecule is Nc1nc2n(n1)C(c1cccc(C(F)(F)F)c1)CCC2. The molecule has 1 aromatic heterocycles. The van der Waals surface area contributed by atoms with Crippen LogP contribution in [0.1, 0.15) is 35.8 Å². The molecule has 0 spiro atoms. The maximum atomic E-state index is 12.8. The van der Waals surface area contributed by atoms with E-state index in [4.69, 9.17) is 5.73 Å². The van der Waals surface area contributed by atoms with E-state index >= 15 is 0 Å². The molecule has 2 aromatic rings. The first kappa shape index (κ1) is 13.0. The maximum absolute atomic E-state index is 12.8. The van der Waals surface area contributed by atoms with Gasteiger partial charge in [0.25, 0.3) is 0 Å². The lowest BCUT2D eigenvalue weighted by Gasteiger charge is -2.24. The lowest BCUT2D eigenvalue weighted by atomic mass is 9.96. The lowest BCUT2D eigenvalue weighted by Crippen LogP contribution is -2.20. The molecular formula is C13H13F3N4. The minimum atomic E-state index is -4.34. The Kier molecular flexibility index (Phi) is 2.92. The first-order valence-electron chi connectivity index (χ1n) is 6.33. The van der Waals surface area contributed by atoms with Crippen LogP contribution in [0.4, 0.5) is 19.1 Å². The van der Waals surface area contributed by atoms with E-state index in [1.165, 1.54) is 12.1 Å². The number of halogens is 3. The molecule has 106 valence electrons. The Morgan fingerprint density at radius 3 is 2.85 bits per heavy atom. The predicted molar refractivity (Wildman–Crippen MR) is 67.0 cm³/mol. The summed E-state index contributed by atoms with van der Waals surface area (Å²) in [6.45, 7) is 0. The molecule has 2 N–H and O–H groups in total. The van der Waals surface area contributed by atoms with Gasteiger partial charge in [-0.1, -0.05) is 12.1 Å². The molecule has 1 aliphatic heterocycles. The molecule has 0 bridgehead atoms. The fourth-order valence-electron chi connectivity index (χ4n) is 2.60. The number of nitrogen functional groups attached to an aromatic ring is 1. The van der Waals surface area contributed by atoms with Crippen molar-refractivity contribution in [1.82, 2.24) is 14.8 Å². The van der Waals surface area contributed by atoms with E-state index in [0.29, 0.717) is 5.56 Å². The minimum Gasteiger partial charge on any atom is -0.366 e. The topological polar surface area (TPSA) is 56.7 Å². The molecule has 7 heteroatoms. The zero-order valence-corrected chi connectivity index (χ0v) is 10.6. The average Bonchev–Trinajstić information content (AvgIpc) is 2.77. The van der Waals surface area contributed by atoms with E-state index in [1.54, 1.807) is 10.7 Å². The Bertz CT molecular complexity index is 633. The number of hydrogen-bond donors (Lipinski definition) is 1. The van der Waals surface area contributed by atoms with Crippen molar-refractivity contribution in [3.63, 3.8) is 0 Å². The molecule has 0 saturated carbocycles. The third-order valence-corrected chi connectivity index (χ3v) is 3.49. The van der Waals surface area contributed by atoms with Crippen molar-refractivity contribution >= 4 is 5.95 Å². The quantitative estimate of drug-likeness (QED) is 0.875. The standard InChI is InChI=1S/C13H13F3N4/c14-13(15,16)9-4-1-3-8(7-9)10-5-2-6-11-18-12(17)19-20(10)11/h1,3-4,7,10H,2,5-6H2,(H2,17,19). The number of benzene rings is 1. The van der Waals surface area contributed by atoms with E-state index in [-0.39, 0.29) is 12.0 Å². The van der Waals surface area contributed by atoms with E-state index in [1.807, 2.05) is 0 Å². The van der Waals surface area contributed by atoms with Crippen LogP contribution in [-0.2, 0) is 12.6 Å². The summed E-state index contributed by atoms with van der Waals surface area (Å²) >= 11 is 0. The van der Waals surface area contributed by atoms with Gasteiger partial charge in [0.05, 0.1) is 11.6 Å². The van der Waals surface area contributed by atoms with Crippen molar-refractivity contribution in [2.75, 3.05) is 5.73 Å². The summed E-state index contributed by atoms with van der Waals surface area (Å²) in [6.07, 6.45) is -2.00. The van der Waals surface area contributed by atoms with Gasteiger partial charge in [-0.25, -0.2) is 4.68 Å². The minimum absolute atomic E-state index is 0.166. The van der Waals surface area contributed by atoms with E-state index in [2.05, 4.69) is 10.1 Å². The molecule has 1 aromatic carbocycles. The predicted octanol–water partition coefficient (Wildman–Crippen LogP) is 2.80. The summed E-state index contributed by atoms with van der Waals surface area (Å²) < 4.78 is 40.0. The van der Waals surface area contributed by atoms with Crippen LogP contribution in [-0.4, -0.2) is 14.8 Å². The Labute approximate surface area is 113 Å². The molecular weight excluding hydrogens is 269 g/mol. The number of hydrogen-bond acceptors (Lipinski definition) is 3. The van der Waals surface area contributed by atoms with Crippen molar-refractivity contribution in [3.05, 3.63) is 41.2 Å². The van der Waals surface area contributed by atoms with E-state index in [0.717, 1.165) is 31.2 Å². The molecule has 0 fully saturated rings. The van der Waals surface area contributed by atoms with Crippen LogP contribution >= 0.6 is 0 Å². The first-order chi connectivity index (χ1) is 9.45. The van der Waals surface area contributed by atoms with E-state index < -0.39 is 11.7 Å². The summed E-state index contributed by atoms with van der Waals surface area (Å²) in [7, 11) is 0. The molecule has 0 radical (unpaired) electrons. The number of nitrogens with two attached hydrogens (primary N) is 1. The lowest BCUT2D eigenvalue weighted by molar-refractivity contribution is -0.137. The van der Waals surface area contributed by atoms with Gasteiger partial charge in [-0.15, -0.1) is 5.10 Å². The van der Waals surface area contributed by atoms with Gasteiger partial charge in [0, 0.05) is 6.42 Å². The Hall–Kier alpha value is -2.05. The van der Waals surface area contributed by atoms with Crippen molar-refractivity contribution in [1.29, 1.82) is 0 Å². The van der Waals surface area contributed by atoms with Gasteiger partial charge in [-0.2, -0.15) is 18.2 Å². The smallest absolute Gasteiger partial charge is 0.366 e. The number of aryl methyl sites for hydroxylation is 1. The second-order valence-electron chi connectivity index (χ2n) is 4.86. The van der Waals surface area contributed by atoms with Gasteiger partial charge in [0.15, 0.2) is 0 Å². The van der Waals surface area contributed by atoms with Gasteiger partial charge < -0.3 is 5.73 Å². The van der Waals surface area contributed by atoms with Gasteiger partial charge in [-0.3, -0.25) is 0 Å². The second-order valence-corrected chi connectivity index (χ2v) is 4.86. The van der Waals surface area contributed by atoms with Crippen LogP contribution in [0, 0.1) is 0 Å². The number of anilines is 1. The number of alkyl halides is 3. The third kappa shape index (κ3) is 2.23. The summed E-state index contributed by atoms with van der Waals surface area (Å²) in [4.78, 5) is 4.11. The molecule has 20 heavy (non-hydrogen) atoms. The van der Waals surface area contributed by atoms with Crippen LogP contribution in [0.15, 0.2) is 24.3 Å². The molecule has 0 aliphatic carbocycles. The summed E-state index contributed by atoms with van der Waals surface area (Å²) in [5.74, 6) is 0.898. The largest absolute Gasteiger partial charge is 0.416 e. The van der Waals surface area contributed by atoms with Crippen molar-refractivity contribution in [2.45, 2.75) is 31.5 Å². The molecule has 2 heterocycles.